The van der Waals surface area contributed by atoms with Crippen LogP contribution < -0.4 is 0 Å². The third-order valence-electron chi connectivity index (χ3n) is 3.96. The molecule has 0 fully saturated rings. The maximum absolute atomic E-state index is 12.3. The molecule has 0 bridgehead atoms. The molecular formula is C19H19CoF13N5O4. The van der Waals surface area contributed by atoms with Crippen LogP contribution in [0.4, 0.5) is 57.1 Å². The molecule has 23 heteroatoms. The quantitative estimate of drug-likeness (QED) is 0.107. The Balaban J connectivity index is -0.000000259. The van der Waals surface area contributed by atoms with Crippen LogP contribution in [0.15, 0.2) is 51.2 Å². The summed E-state index contributed by atoms with van der Waals surface area (Å²) in [6, 6.07) is 5.72. The second-order valence-electron chi connectivity index (χ2n) is 6.80. The molecule has 0 aromatic carbocycles. The van der Waals surface area contributed by atoms with Crippen molar-refractivity contribution in [2.45, 2.75) is 57.6 Å². The number of alkyl halides is 11. The van der Waals surface area contributed by atoms with Crippen LogP contribution in [0.3, 0.4) is 0 Å². The zero-order chi connectivity index (χ0) is 33.5. The molecule has 244 valence electrons. The van der Waals surface area contributed by atoms with E-state index >= 15 is 0 Å². The van der Waals surface area contributed by atoms with Crippen LogP contribution >= 0.6 is 0 Å². The summed E-state index contributed by atoms with van der Waals surface area (Å²) < 4.78 is 154. The molecule has 1 rings (SSSR count). The van der Waals surface area contributed by atoms with Crippen molar-refractivity contribution < 1.29 is 84.3 Å². The average molecular weight is 687 g/mol. The molecule has 0 saturated heterocycles. The van der Waals surface area contributed by atoms with Gasteiger partial charge in [-0.25, -0.2) is 8.78 Å². The molecule has 9 nitrogen and oxygen atoms in total. The number of hydrogen-bond donors (Lipinski definition) is 2. The van der Waals surface area contributed by atoms with E-state index in [1.165, 1.54) is 27.7 Å². The molecule has 0 aliphatic carbocycles. The minimum atomic E-state index is -7.80. The second kappa shape index (κ2) is 18.9. The smallest absolute Gasteiger partial charge is 0.792 e. The van der Waals surface area contributed by atoms with E-state index in [1.54, 1.807) is 12.4 Å². The van der Waals surface area contributed by atoms with Gasteiger partial charge in [-0.15, -0.1) is 0 Å². The molecule has 0 saturated carbocycles. The van der Waals surface area contributed by atoms with Crippen LogP contribution in [0, 0.1) is 16.8 Å². The van der Waals surface area contributed by atoms with Gasteiger partial charge in [0.05, 0.1) is 29.3 Å². The summed E-state index contributed by atoms with van der Waals surface area (Å²) in [6.45, 7) is 5.94. The van der Waals surface area contributed by atoms with Crippen molar-refractivity contribution in [2.24, 2.45) is 20.6 Å². The van der Waals surface area contributed by atoms with Crippen molar-refractivity contribution in [3.63, 3.8) is 0 Å². The Morgan fingerprint density at radius 2 is 0.952 bits per heavy atom. The first-order chi connectivity index (χ1) is 18.4. The number of rotatable bonds is 6. The number of pyridine rings is 1. The van der Waals surface area contributed by atoms with Crippen LogP contribution in [0.2, 0.25) is 0 Å². The molecule has 0 atom stereocenters. The van der Waals surface area contributed by atoms with E-state index in [0.717, 1.165) is 0 Å². The molecule has 0 spiro atoms. The molecule has 1 aromatic heterocycles. The topological polar surface area (TPSA) is 149 Å². The average Bonchev–Trinajstić information content (AvgIpc) is 2.92. The predicted molar refractivity (Wildman–Crippen MR) is 118 cm³/mol. The van der Waals surface area contributed by atoms with Gasteiger partial charge in [0.2, 0.25) is 0 Å². The standard InChI is InChI=1S/C6F13.C5H5N.2C4H8N2O2.Co/c7-1(8)2(9,10)3(11,12)4(13,14)5(15,16)6(17,18)19;1-2-4-6-5-3-1;2*1-3(5-7)4(2)6-8;/h;1-5H;2*7-8H,1-2H3;/q-1;;;;+3/p-2/b;;2*5-3+,6-4+;. The van der Waals surface area contributed by atoms with E-state index in [4.69, 9.17) is 10.4 Å². The fourth-order valence-corrected chi connectivity index (χ4v) is 1.28. The summed E-state index contributed by atoms with van der Waals surface area (Å²) in [7, 11) is 0. The van der Waals surface area contributed by atoms with Crippen LogP contribution in [0.25, 0.3) is 0 Å². The Morgan fingerprint density at radius 1 is 0.619 bits per heavy atom. The van der Waals surface area contributed by atoms with Gasteiger partial charge in [-0.3, -0.25) is 4.98 Å². The monoisotopic (exact) mass is 687 g/mol. The number of halogens is 13. The van der Waals surface area contributed by atoms with Gasteiger partial charge >= 0.3 is 40.7 Å². The molecule has 0 radical (unpaired) electrons. The summed E-state index contributed by atoms with van der Waals surface area (Å²) in [5.74, 6) is -30.3. The Hall–Kier alpha value is -3.37. The first-order valence-electron chi connectivity index (χ1n) is 9.72. The van der Waals surface area contributed by atoms with E-state index in [2.05, 4.69) is 25.6 Å². The van der Waals surface area contributed by atoms with Crippen molar-refractivity contribution in [2.75, 3.05) is 0 Å². The number of nitrogens with zero attached hydrogens (tertiary/aromatic N) is 5. The number of aromatic nitrogens is 1. The SMILES string of the molecule is CC(=N\[O-])/C(C)=N/O.CC(=N\[O-])/C(C)=N/O.F[C-](F)C(F)(F)C(F)(F)C(F)(F)C(F)(F)C(F)(F)F.[Co+3].c1ccncc1. The molecule has 0 aliphatic heterocycles. The number of hydrogen-bond acceptors (Lipinski definition) is 9. The third kappa shape index (κ3) is 12.6. The van der Waals surface area contributed by atoms with Crippen LogP contribution in [0.1, 0.15) is 27.7 Å². The minimum Gasteiger partial charge on any atom is -0.792 e. The van der Waals surface area contributed by atoms with Crippen LogP contribution in [0.5, 0.6) is 0 Å². The van der Waals surface area contributed by atoms with Crippen molar-refractivity contribution in [1.29, 1.82) is 0 Å². The molecule has 0 amide bonds. The molecule has 0 aliphatic rings. The van der Waals surface area contributed by atoms with E-state index in [0.29, 0.717) is 0 Å². The van der Waals surface area contributed by atoms with Crippen LogP contribution in [-0.2, 0) is 16.8 Å². The summed E-state index contributed by atoms with van der Waals surface area (Å²) in [5, 5.41) is 45.8. The zero-order valence-corrected chi connectivity index (χ0v) is 22.1. The van der Waals surface area contributed by atoms with Gasteiger partial charge in [0.25, 0.3) is 5.92 Å². The van der Waals surface area contributed by atoms with Gasteiger partial charge in [-0.1, -0.05) is 16.4 Å². The second-order valence-corrected chi connectivity index (χ2v) is 6.80. The maximum atomic E-state index is 12.3. The molecule has 2 N–H and O–H groups in total. The van der Waals surface area contributed by atoms with Gasteiger partial charge < -0.3 is 39.9 Å². The molecule has 42 heavy (non-hydrogen) atoms. The van der Waals surface area contributed by atoms with Gasteiger partial charge in [-0.05, 0) is 39.8 Å². The molecule has 0 unspecified atom stereocenters. The summed E-state index contributed by atoms with van der Waals surface area (Å²) in [6.07, 6.45) is -8.60. The largest absolute Gasteiger partial charge is 3.00 e. The van der Waals surface area contributed by atoms with Crippen molar-refractivity contribution >= 4 is 22.8 Å². The summed E-state index contributed by atoms with van der Waals surface area (Å²) in [4.78, 5) is 3.78. The van der Waals surface area contributed by atoms with E-state index in [1.807, 2.05) is 18.2 Å². The Kier molecular flexibility index (Phi) is 20.6. The molecule has 1 aromatic rings. The molecular weight excluding hydrogens is 668 g/mol. The van der Waals surface area contributed by atoms with Crippen LogP contribution in [-0.4, -0.2) is 68.1 Å². The Labute approximate surface area is 238 Å². The van der Waals surface area contributed by atoms with Crippen molar-refractivity contribution in [3.05, 3.63) is 47.4 Å². The van der Waals surface area contributed by atoms with Gasteiger partial charge in [0, 0.05) is 12.4 Å². The third-order valence-corrected chi connectivity index (χ3v) is 3.96. The minimum absolute atomic E-state index is 0. The molecule has 1 heterocycles. The first kappa shape index (κ1) is 45.6. The fraction of sp³-hybridized carbons (Fsp3) is 0.474. The maximum Gasteiger partial charge on any atom is 3.00 e. The van der Waals surface area contributed by atoms with Gasteiger partial charge in [0.1, 0.15) is 0 Å². The van der Waals surface area contributed by atoms with E-state index in [9.17, 15) is 67.5 Å². The Morgan fingerprint density at radius 3 is 1.10 bits per heavy atom. The summed E-state index contributed by atoms with van der Waals surface area (Å²) >= 11 is 0. The zero-order valence-electron chi connectivity index (χ0n) is 21.1. The van der Waals surface area contributed by atoms with E-state index < -0.39 is 36.3 Å². The Bertz CT molecular complexity index is 932. The van der Waals surface area contributed by atoms with Crippen molar-refractivity contribution in [3.8, 4) is 0 Å². The predicted octanol–water partition coefficient (Wildman–Crippen LogP) is 7.19. The van der Waals surface area contributed by atoms with E-state index in [-0.39, 0.29) is 39.6 Å². The first-order valence-corrected chi connectivity index (χ1v) is 9.72. The van der Waals surface area contributed by atoms with Crippen molar-refractivity contribution in [1.82, 2.24) is 4.98 Å². The van der Waals surface area contributed by atoms with Gasteiger partial charge in [0.15, 0.2) is 0 Å². The summed E-state index contributed by atoms with van der Waals surface area (Å²) in [5.41, 5.74) is 0.903. The number of oxime groups is 2. The normalized spacial score (nSPS) is 13.9. The van der Waals surface area contributed by atoms with Gasteiger partial charge in [-0.2, -0.15) is 39.5 Å². The fourth-order valence-electron chi connectivity index (χ4n) is 1.28.